The van der Waals surface area contributed by atoms with Gasteiger partial charge in [0.05, 0.1) is 0 Å². The smallest absolute Gasteiger partial charge is 0.156 e. The van der Waals surface area contributed by atoms with Crippen molar-refractivity contribution in [3.63, 3.8) is 0 Å². The van der Waals surface area contributed by atoms with Crippen LogP contribution < -0.4 is 0 Å². The summed E-state index contributed by atoms with van der Waals surface area (Å²) in [6.07, 6.45) is 8.05. The first kappa shape index (κ1) is 20.1. The number of carbonyl (C=O) groups excluding carboxylic acids is 1. The van der Waals surface area contributed by atoms with E-state index in [1.54, 1.807) is 0 Å². The molecular formula is C27H29ClO2. The summed E-state index contributed by atoms with van der Waals surface area (Å²) in [5.74, 6) is 7.58. The van der Waals surface area contributed by atoms with Gasteiger partial charge in [0, 0.05) is 22.8 Å². The molecule has 2 nitrogen and oxygen atoms in total. The Morgan fingerprint density at radius 2 is 2.03 bits per heavy atom. The lowest BCUT2D eigenvalue weighted by molar-refractivity contribution is -0.114. The summed E-state index contributed by atoms with van der Waals surface area (Å²) in [4.78, 5) is 12.1. The average Bonchev–Trinajstić information content (AvgIpc) is 2.98. The van der Waals surface area contributed by atoms with Crippen LogP contribution in [0.5, 0.6) is 0 Å². The molecule has 0 heterocycles. The second-order valence-corrected chi connectivity index (χ2v) is 10.3. The number of carbonyl (C=O) groups is 1. The van der Waals surface area contributed by atoms with Gasteiger partial charge in [0.1, 0.15) is 5.60 Å². The van der Waals surface area contributed by atoms with Crippen molar-refractivity contribution >= 4 is 17.4 Å². The van der Waals surface area contributed by atoms with Crippen molar-refractivity contribution in [1.29, 1.82) is 0 Å². The fourth-order valence-electron chi connectivity index (χ4n) is 7.10. The quantitative estimate of drug-likeness (QED) is 0.566. The van der Waals surface area contributed by atoms with E-state index >= 15 is 0 Å². The number of allylic oxidation sites excluding steroid dienone is 4. The standard InChI is InChI=1S/C27H29ClO2/c1-3-12-27(30)13-11-24-22-9-7-18-15-20(29)8-10-21(18)25(22)23(16-26(24,27)2)17-5-4-6-19(28)14-17/h4-6,14-15,22-24,30H,7-11,13,16H2,1-2H3/t22-,23+,24-,26-,27-/m0/s1. The van der Waals surface area contributed by atoms with Crippen molar-refractivity contribution in [3.05, 3.63) is 57.6 Å². The van der Waals surface area contributed by atoms with Crippen LogP contribution in [0.15, 0.2) is 47.1 Å². The highest BCUT2D eigenvalue weighted by Gasteiger charge is 2.62. The van der Waals surface area contributed by atoms with Crippen molar-refractivity contribution in [2.45, 2.75) is 70.3 Å². The van der Waals surface area contributed by atoms with Crippen molar-refractivity contribution in [1.82, 2.24) is 0 Å². The zero-order valence-corrected chi connectivity index (χ0v) is 18.6. The maximum Gasteiger partial charge on any atom is 0.156 e. The predicted molar refractivity (Wildman–Crippen MR) is 120 cm³/mol. The molecule has 1 aromatic carbocycles. The summed E-state index contributed by atoms with van der Waals surface area (Å²) in [5.41, 5.74) is 4.26. The highest BCUT2D eigenvalue weighted by molar-refractivity contribution is 6.30. The summed E-state index contributed by atoms with van der Waals surface area (Å²) in [7, 11) is 0. The van der Waals surface area contributed by atoms with Gasteiger partial charge in [-0.05, 0) is 92.2 Å². The second-order valence-electron chi connectivity index (χ2n) is 9.82. The van der Waals surface area contributed by atoms with Gasteiger partial charge in [-0.3, -0.25) is 4.79 Å². The van der Waals surface area contributed by atoms with E-state index in [0.717, 1.165) is 43.5 Å². The van der Waals surface area contributed by atoms with Crippen molar-refractivity contribution in [3.8, 4) is 11.8 Å². The van der Waals surface area contributed by atoms with E-state index in [-0.39, 0.29) is 17.1 Å². The number of benzene rings is 1. The molecule has 5 rings (SSSR count). The summed E-state index contributed by atoms with van der Waals surface area (Å²) in [5, 5.41) is 12.4. The first-order valence-electron chi connectivity index (χ1n) is 11.2. The predicted octanol–water partition coefficient (Wildman–Crippen LogP) is 5.99. The molecule has 3 heteroatoms. The normalized spacial score (nSPS) is 37.5. The SMILES string of the molecule is CC#C[C@]1(O)CC[C@H]2[C@@H]3CCC4=CC(=O)CCC4=C3[C@@H](c3cccc(Cl)c3)C[C@@]21C. The van der Waals surface area contributed by atoms with Crippen LogP contribution in [-0.2, 0) is 4.79 Å². The third-order valence-electron chi connectivity index (χ3n) is 8.47. The van der Waals surface area contributed by atoms with Crippen LogP contribution in [0.1, 0.15) is 70.3 Å². The molecule has 2 fully saturated rings. The van der Waals surface area contributed by atoms with E-state index in [2.05, 4.69) is 30.9 Å². The molecule has 4 aliphatic rings. The maximum atomic E-state index is 12.1. The van der Waals surface area contributed by atoms with Gasteiger partial charge in [-0.15, -0.1) is 5.92 Å². The third kappa shape index (κ3) is 2.86. The molecule has 0 saturated heterocycles. The van der Waals surface area contributed by atoms with Crippen molar-refractivity contribution in [2.75, 3.05) is 0 Å². The summed E-state index contributed by atoms with van der Waals surface area (Å²) in [6, 6.07) is 8.22. The zero-order valence-electron chi connectivity index (χ0n) is 17.8. The molecule has 0 unspecified atom stereocenters. The molecule has 0 bridgehead atoms. The molecular weight excluding hydrogens is 392 g/mol. The van der Waals surface area contributed by atoms with E-state index in [9.17, 15) is 9.90 Å². The summed E-state index contributed by atoms with van der Waals surface area (Å²) in [6.45, 7) is 4.10. The van der Waals surface area contributed by atoms with Gasteiger partial charge < -0.3 is 5.11 Å². The van der Waals surface area contributed by atoms with Crippen molar-refractivity contribution in [2.24, 2.45) is 17.3 Å². The zero-order chi connectivity index (χ0) is 21.1. The van der Waals surface area contributed by atoms with Crippen LogP contribution in [0.4, 0.5) is 0 Å². The Labute approximate surface area is 184 Å². The van der Waals surface area contributed by atoms with Crippen LogP contribution >= 0.6 is 11.6 Å². The fourth-order valence-corrected chi connectivity index (χ4v) is 7.30. The Balaban J connectivity index is 1.71. The number of fused-ring (bicyclic) bond motifs is 4. The molecule has 0 aromatic heterocycles. The summed E-state index contributed by atoms with van der Waals surface area (Å²) < 4.78 is 0. The summed E-state index contributed by atoms with van der Waals surface area (Å²) >= 11 is 6.40. The largest absolute Gasteiger partial charge is 0.377 e. The average molecular weight is 421 g/mol. The molecule has 0 aliphatic heterocycles. The van der Waals surface area contributed by atoms with Crippen LogP contribution in [-0.4, -0.2) is 16.5 Å². The van der Waals surface area contributed by atoms with Gasteiger partial charge >= 0.3 is 0 Å². The minimum atomic E-state index is -0.932. The lowest BCUT2D eigenvalue weighted by Crippen LogP contribution is -2.51. The molecule has 0 spiro atoms. The molecule has 1 N–H and O–H groups in total. The Hall–Kier alpha value is -1.82. The molecule has 156 valence electrons. The topological polar surface area (TPSA) is 37.3 Å². The highest BCUT2D eigenvalue weighted by Crippen LogP contribution is 2.66. The van der Waals surface area contributed by atoms with Gasteiger partial charge in [-0.1, -0.05) is 42.2 Å². The second kappa shape index (κ2) is 7.11. The minimum Gasteiger partial charge on any atom is -0.377 e. The lowest BCUT2D eigenvalue weighted by atomic mass is 9.51. The molecule has 2 saturated carbocycles. The van der Waals surface area contributed by atoms with Crippen LogP contribution in [0.2, 0.25) is 5.02 Å². The maximum absolute atomic E-state index is 12.1. The Bertz CT molecular complexity index is 1040. The third-order valence-corrected chi connectivity index (χ3v) is 8.70. The minimum absolute atomic E-state index is 0.213. The number of rotatable bonds is 1. The van der Waals surface area contributed by atoms with Gasteiger partial charge in [0.25, 0.3) is 0 Å². The number of aliphatic hydroxyl groups is 1. The molecule has 0 radical (unpaired) electrons. The van der Waals surface area contributed by atoms with Crippen LogP contribution in [0.3, 0.4) is 0 Å². The van der Waals surface area contributed by atoms with Crippen LogP contribution in [0.25, 0.3) is 0 Å². The Kier molecular flexibility index (Phi) is 4.77. The van der Waals surface area contributed by atoms with Gasteiger partial charge in [-0.25, -0.2) is 0 Å². The van der Waals surface area contributed by atoms with Gasteiger partial charge in [-0.2, -0.15) is 0 Å². The first-order chi connectivity index (χ1) is 14.4. The number of hydrogen-bond acceptors (Lipinski definition) is 2. The number of ketones is 1. The number of halogens is 1. The van der Waals surface area contributed by atoms with Gasteiger partial charge in [0.15, 0.2) is 5.78 Å². The van der Waals surface area contributed by atoms with Gasteiger partial charge in [0.2, 0.25) is 0 Å². The van der Waals surface area contributed by atoms with E-state index in [1.807, 2.05) is 25.1 Å². The Morgan fingerprint density at radius 3 is 2.80 bits per heavy atom. The molecule has 1 aromatic rings. The highest BCUT2D eigenvalue weighted by atomic mass is 35.5. The first-order valence-corrected chi connectivity index (χ1v) is 11.6. The van der Waals surface area contributed by atoms with Crippen molar-refractivity contribution < 1.29 is 9.90 Å². The molecule has 30 heavy (non-hydrogen) atoms. The monoisotopic (exact) mass is 420 g/mol. The van der Waals surface area contributed by atoms with Crippen LogP contribution in [0, 0.1) is 29.1 Å². The fraction of sp³-hybridized carbons (Fsp3) is 0.519. The molecule has 4 aliphatic carbocycles. The van der Waals surface area contributed by atoms with E-state index in [4.69, 9.17) is 11.6 Å². The van der Waals surface area contributed by atoms with E-state index in [0.29, 0.717) is 18.3 Å². The van der Waals surface area contributed by atoms with E-state index in [1.165, 1.54) is 22.3 Å². The number of hydrogen-bond donors (Lipinski definition) is 1. The Morgan fingerprint density at radius 1 is 1.20 bits per heavy atom. The molecule has 0 amide bonds. The lowest BCUT2D eigenvalue weighted by Gasteiger charge is -2.53. The van der Waals surface area contributed by atoms with E-state index < -0.39 is 5.60 Å². The molecule has 5 atom stereocenters.